The van der Waals surface area contributed by atoms with E-state index in [1.165, 1.54) is 13.3 Å². The summed E-state index contributed by atoms with van der Waals surface area (Å²) in [6.07, 6.45) is 3.10. The number of hydrogen-bond donors (Lipinski definition) is 1. The molecule has 0 fully saturated rings. The topological polar surface area (TPSA) is 96.2 Å². The van der Waals surface area contributed by atoms with Gasteiger partial charge in [0.25, 0.3) is 0 Å². The highest BCUT2D eigenvalue weighted by molar-refractivity contribution is 7.92. The maximum Gasteiger partial charge on any atom is 0.233 e. The first-order valence-electron chi connectivity index (χ1n) is 8.86. The summed E-state index contributed by atoms with van der Waals surface area (Å²) in [5.41, 5.74) is -0.147. The summed E-state index contributed by atoms with van der Waals surface area (Å²) in [4.78, 5) is 4.04. The molecule has 1 N–H and O–H groups in total. The van der Waals surface area contributed by atoms with Crippen molar-refractivity contribution in [3.63, 3.8) is 0 Å². The maximum atomic E-state index is 15.0. The van der Waals surface area contributed by atoms with E-state index in [1.807, 2.05) is 0 Å². The fourth-order valence-electron chi connectivity index (χ4n) is 2.90. The van der Waals surface area contributed by atoms with Gasteiger partial charge < -0.3 is 4.74 Å². The Bertz CT molecular complexity index is 1030. The second kappa shape index (κ2) is 8.27. The van der Waals surface area contributed by atoms with E-state index in [0.717, 1.165) is 17.1 Å². The van der Waals surface area contributed by atoms with Crippen LogP contribution < -0.4 is 14.5 Å². The number of pyridine rings is 1. The summed E-state index contributed by atoms with van der Waals surface area (Å²) >= 11 is 0. The van der Waals surface area contributed by atoms with E-state index in [4.69, 9.17) is 4.74 Å². The highest BCUT2D eigenvalue weighted by Crippen LogP contribution is 2.35. The molecule has 156 valence electrons. The molecule has 1 atom stereocenters. The number of benzene rings is 1. The lowest BCUT2D eigenvalue weighted by atomic mass is 10.1. The molecule has 0 aliphatic carbocycles. The normalized spacial score (nSPS) is 16.5. The summed E-state index contributed by atoms with van der Waals surface area (Å²) in [5, 5.41) is 8.97. The smallest absolute Gasteiger partial charge is 0.233 e. The van der Waals surface area contributed by atoms with Crippen molar-refractivity contribution < 1.29 is 21.9 Å². The molecule has 0 saturated heterocycles. The number of nitrogens with one attached hydrogen (secondary N) is 1. The standard InChI is InChI=1S/C18H21F2N5O3S/c1-11(2)10-29(26,27)23-15-5-4-14(19)18(17(15)20)25-9-16(22-24-25)12-6-13(28-3)8-21-7-12/h4-8,11,16,23H,9-10H2,1-3H3. The number of nitrogens with zero attached hydrogens (tertiary/aromatic N) is 4. The SMILES string of the molecule is COc1cncc(C2CN(c3c(F)ccc(NS(=O)(=O)CC(C)C)c3F)N=N2)c1. The molecule has 0 spiro atoms. The highest BCUT2D eigenvalue weighted by atomic mass is 32.2. The van der Waals surface area contributed by atoms with E-state index < -0.39 is 33.4 Å². The van der Waals surface area contributed by atoms with Crippen LogP contribution in [0.4, 0.5) is 20.2 Å². The predicted octanol–water partition coefficient (Wildman–Crippen LogP) is 3.69. The Morgan fingerprint density at radius 3 is 2.76 bits per heavy atom. The molecule has 0 saturated carbocycles. The van der Waals surface area contributed by atoms with Gasteiger partial charge in [-0.15, -0.1) is 0 Å². The molecule has 3 rings (SSSR count). The summed E-state index contributed by atoms with van der Waals surface area (Å²) in [5.74, 6) is -1.75. The molecule has 2 heterocycles. The number of hydrogen-bond acceptors (Lipinski definition) is 7. The number of aromatic nitrogens is 1. The van der Waals surface area contributed by atoms with Gasteiger partial charge in [0, 0.05) is 11.8 Å². The Hall–Kier alpha value is -2.82. The molecule has 1 unspecified atom stereocenters. The van der Waals surface area contributed by atoms with Crippen LogP contribution in [0.15, 0.2) is 40.9 Å². The Balaban J connectivity index is 1.85. The lowest BCUT2D eigenvalue weighted by Gasteiger charge is -2.18. The van der Waals surface area contributed by atoms with Crippen molar-refractivity contribution in [2.45, 2.75) is 19.9 Å². The van der Waals surface area contributed by atoms with Crippen molar-refractivity contribution in [2.75, 3.05) is 29.1 Å². The zero-order valence-electron chi connectivity index (χ0n) is 16.1. The Kier molecular flexibility index (Phi) is 5.96. The largest absolute Gasteiger partial charge is 0.495 e. The second-order valence-electron chi connectivity index (χ2n) is 7.00. The molecule has 0 radical (unpaired) electrons. The molecule has 1 aliphatic heterocycles. The zero-order valence-corrected chi connectivity index (χ0v) is 16.9. The van der Waals surface area contributed by atoms with Crippen LogP contribution in [-0.2, 0) is 10.0 Å². The number of anilines is 2. The van der Waals surface area contributed by atoms with Crippen LogP contribution in [-0.4, -0.2) is 32.8 Å². The van der Waals surface area contributed by atoms with Crippen LogP contribution in [0.2, 0.25) is 0 Å². The lowest BCUT2D eigenvalue weighted by Crippen LogP contribution is -2.23. The number of rotatable bonds is 7. The van der Waals surface area contributed by atoms with Gasteiger partial charge in [0.2, 0.25) is 10.0 Å². The number of sulfonamides is 1. The average Bonchev–Trinajstić information content (AvgIpc) is 3.13. The van der Waals surface area contributed by atoms with Crippen molar-refractivity contribution >= 4 is 21.4 Å². The first-order valence-corrected chi connectivity index (χ1v) is 10.5. The average molecular weight is 425 g/mol. The second-order valence-corrected chi connectivity index (χ2v) is 8.76. The Labute approximate surface area is 167 Å². The molecule has 1 aromatic carbocycles. The third kappa shape index (κ3) is 4.78. The van der Waals surface area contributed by atoms with Gasteiger partial charge in [0.15, 0.2) is 11.6 Å². The van der Waals surface area contributed by atoms with Crippen LogP contribution in [0.5, 0.6) is 5.75 Å². The third-order valence-electron chi connectivity index (χ3n) is 4.14. The maximum absolute atomic E-state index is 15.0. The molecule has 8 nitrogen and oxygen atoms in total. The van der Waals surface area contributed by atoms with Gasteiger partial charge in [0.05, 0.1) is 31.3 Å². The molecular formula is C18H21F2N5O3S. The first kappa shape index (κ1) is 20.9. The van der Waals surface area contributed by atoms with Gasteiger partial charge in [-0.3, -0.25) is 9.71 Å². The van der Waals surface area contributed by atoms with E-state index in [1.54, 1.807) is 26.1 Å². The molecule has 11 heteroatoms. The molecule has 0 amide bonds. The van der Waals surface area contributed by atoms with Crippen LogP contribution >= 0.6 is 0 Å². The van der Waals surface area contributed by atoms with Crippen molar-refractivity contribution in [2.24, 2.45) is 16.3 Å². The summed E-state index contributed by atoms with van der Waals surface area (Å²) in [6.45, 7) is 3.51. The van der Waals surface area contributed by atoms with E-state index in [9.17, 15) is 17.2 Å². The van der Waals surface area contributed by atoms with Crippen molar-refractivity contribution in [1.29, 1.82) is 0 Å². The minimum Gasteiger partial charge on any atom is -0.495 e. The van der Waals surface area contributed by atoms with Crippen LogP contribution in [0.1, 0.15) is 25.5 Å². The Morgan fingerprint density at radius 1 is 1.31 bits per heavy atom. The summed E-state index contributed by atoms with van der Waals surface area (Å²) < 4.78 is 60.9. The fourth-order valence-corrected chi connectivity index (χ4v) is 4.36. The molecule has 1 aromatic heterocycles. The summed E-state index contributed by atoms with van der Waals surface area (Å²) in [7, 11) is -2.28. The van der Waals surface area contributed by atoms with Crippen LogP contribution in [0, 0.1) is 17.6 Å². The van der Waals surface area contributed by atoms with E-state index in [0.29, 0.717) is 11.3 Å². The highest BCUT2D eigenvalue weighted by Gasteiger charge is 2.29. The monoisotopic (exact) mass is 425 g/mol. The van der Waals surface area contributed by atoms with Crippen LogP contribution in [0.3, 0.4) is 0 Å². The van der Waals surface area contributed by atoms with Crippen molar-refractivity contribution in [1.82, 2.24) is 4.98 Å². The van der Waals surface area contributed by atoms with Gasteiger partial charge in [-0.1, -0.05) is 19.1 Å². The minimum absolute atomic E-state index is 0.0604. The molecule has 0 bridgehead atoms. The number of halogens is 2. The van der Waals surface area contributed by atoms with Gasteiger partial charge in [-0.25, -0.2) is 22.2 Å². The van der Waals surface area contributed by atoms with Gasteiger partial charge in [0.1, 0.15) is 17.5 Å². The van der Waals surface area contributed by atoms with Gasteiger partial charge in [-0.2, -0.15) is 5.11 Å². The van der Waals surface area contributed by atoms with E-state index in [-0.39, 0.29) is 23.9 Å². The van der Waals surface area contributed by atoms with E-state index >= 15 is 0 Å². The summed E-state index contributed by atoms with van der Waals surface area (Å²) in [6, 6.07) is 3.24. The minimum atomic E-state index is -3.78. The number of ether oxygens (including phenoxy) is 1. The van der Waals surface area contributed by atoms with E-state index in [2.05, 4.69) is 20.0 Å². The Morgan fingerprint density at radius 2 is 2.07 bits per heavy atom. The fraction of sp³-hybridized carbons (Fsp3) is 0.389. The zero-order chi connectivity index (χ0) is 21.2. The molecule has 2 aromatic rings. The third-order valence-corrected chi connectivity index (χ3v) is 5.78. The van der Waals surface area contributed by atoms with Crippen LogP contribution in [0.25, 0.3) is 0 Å². The number of methoxy groups -OCH3 is 1. The molecular weight excluding hydrogens is 404 g/mol. The quantitative estimate of drug-likeness (QED) is 0.730. The molecule has 29 heavy (non-hydrogen) atoms. The van der Waals surface area contributed by atoms with Gasteiger partial charge >= 0.3 is 0 Å². The van der Waals surface area contributed by atoms with Crippen molar-refractivity contribution in [3.8, 4) is 5.75 Å². The van der Waals surface area contributed by atoms with Crippen molar-refractivity contribution in [3.05, 3.63) is 47.8 Å². The predicted molar refractivity (Wildman–Crippen MR) is 104 cm³/mol. The first-order chi connectivity index (χ1) is 13.7. The lowest BCUT2D eigenvalue weighted by molar-refractivity contribution is 0.412. The van der Waals surface area contributed by atoms with Gasteiger partial charge in [-0.05, 0) is 24.1 Å². The molecule has 1 aliphatic rings.